The van der Waals surface area contributed by atoms with Crippen LogP contribution in [0.1, 0.15) is 33.1 Å². The maximum Gasteiger partial charge on any atom is 0.225 e. The third-order valence-electron chi connectivity index (χ3n) is 2.69. The van der Waals surface area contributed by atoms with Crippen molar-refractivity contribution in [3.63, 3.8) is 0 Å². The Morgan fingerprint density at radius 3 is 2.54 bits per heavy atom. The fourth-order valence-corrected chi connectivity index (χ4v) is 1.81. The fraction of sp³-hybridized carbons (Fsp3) is 0.727. The van der Waals surface area contributed by atoms with Gasteiger partial charge in [-0.3, -0.25) is 4.79 Å². The van der Waals surface area contributed by atoms with E-state index in [0.717, 1.165) is 32.4 Å². The van der Waals surface area contributed by atoms with E-state index in [0.29, 0.717) is 5.91 Å². The van der Waals surface area contributed by atoms with Gasteiger partial charge >= 0.3 is 0 Å². The van der Waals surface area contributed by atoms with E-state index >= 15 is 0 Å². The summed E-state index contributed by atoms with van der Waals surface area (Å²) in [6.07, 6.45) is 7.35. The molecule has 0 aliphatic heterocycles. The lowest BCUT2D eigenvalue weighted by molar-refractivity contribution is -0.135. The van der Waals surface area contributed by atoms with Crippen LogP contribution >= 0.6 is 0 Å². The van der Waals surface area contributed by atoms with Crippen LogP contribution < -0.4 is 0 Å². The van der Waals surface area contributed by atoms with Crippen molar-refractivity contribution in [3.8, 4) is 0 Å². The first-order valence-corrected chi connectivity index (χ1v) is 5.23. The predicted molar refractivity (Wildman–Crippen MR) is 54.4 cm³/mol. The Hall–Kier alpha value is -0.790. The molecule has 13 heavy (non-hydrogen) atoms. The van der Waals surface area contributed by atoms with Crippen molar-refractivity contribution < 1.29 is 4.79 Å². The molecule has 0 spiro atoms. The molecule has 0 aromatic rings. The number of carbonyl (C=O) groups excluding carboxylic acids is 1. The highest BCUT2D eigenvalue weighted by atomic mass is 16.2. The van der Waals surface area contributed by atoms with Crippen molar-refractivity contribution >= 4 is 5.91 Å². The Morgan fingerprint density at radius 2 is 2.08 bits per heavy atom. The average Bonchev–Trinajstić information content (AvgIpc) is 2.21. The average molecular weight is 181 g/mol. The highest BCUT2D eigenvalue weighted by molar-refractivity contribution is 5.79. The van der Waals surface area contributed by atoms with Crippen LogP contribution in [0.3, 0.4) is 0 Å². The summed E-state index contributed by atoms with van der Waals surface area (Å²) in [5.41, 5.74) is 0. The summed E-state index contributed by atoms with van der Waals surface area (Å²) in [4.78, 5) is 13.8. The highest BCUT2D eigenvalue weighted by Crippen LogP contribution is 2.20. The minimum atomic E-state index is 0.255. The van der Waals surface area contributed by atoms with Crippen molar-refractivity contribution in [2.75, 3.05) is 13.1 Å². The van der Waals surface area contributed by atoms with Gasteiger partial charge in [0, 0.05) is 19.0 Å². The number of hydrogen-bond donors (Lipinski definition) is 0. The molecule has 2 nitrogen and oxygen atoms in total. The number of rotatable bonds is 3. The zero-order valence-electron chi connectivity index (χ0n) is 8.62. The van der Waals surface area contributed by atoms with Gasteiger partial charge in [0.25, 0.3) is 0 Å². The Balaban J connectivity index is 2.50. The van der Waals surface area contributed by atoms with Gasteiger partial charge in [-0.25, -0.2) is 0 Å². The normalized spacial score (nSPS) is 21.5. The summed E-state index contributed by atoms with van der Waals surface area (Å²) in [7, 11) is 0. The monoisotopic (exact) mass is 181 g/mol. The second-order valence-electron chi connectivity index (χ2n) is 3.49. The molecule has 0 aromatic heterocycles. The molecule has 1 rings (SSSR count). The van der Waals surface area contributed by atoms with Crippen molar-refractivity contribution in [1.29, 1.82) is 0 Å². The van der Waals surface area contributed by atoms with Crippen molar-refractivity contribution in [2.45, 2.75) is 33.1 Å². The van der Waals surface area contributed by atoms with Gasteiger partial charge < -0.3 is 4.90 Å². The quantitative estimate of drug-likeness (QED) is 0.611. The minimum absolute atomic E-state index is 0.255. The van der Waals surface area contributed by atoms with Gasteiger partial charge in [0.05, 0.1) is 0 Å². The molecule has 0 saturated heterocycles. The van der Waals surface area contributed by atoms with Gasteiger partial charge in [-0.1, -0.05) is 12.2 Å². The number of carbonyl (C=O) groups is 1. The van der Waals surface area contributed by atoms with Gasteiger partial charge in [-0.2, -0.15) is 0 Å². The van der Waals surface area contributed by atoms with Crippen LogP contribution in [0.5, 0.6) is 0 Å². The third-order valence-corrected chi connectivity index (χ3v) is 2.69. The molecule has 0 radical (unpaired) electrons. The summed E-state index contributed by atoms with van der Waals surface area (Å²) in [5, 5.41) is 0. The van der Waals surface area contributed by atoms with E-state index in [4.69, 9.17) is 0 Å². The number of hydrogen-bond acceptors (Lipinski definition) is 1. The van der Waals surface area contributed by atoms with E-state index in [1.165, 1.54) is 0 Å². The van der Waals surface area contributed by atoms with Gasteiger partial charge in [0.15, 0.2) is 0 Å². The van der Waals surface area contributed by atoms with Gasteiger partial charge in [-0.15, -0.1) is 0 Å². The van der Waals surface area contributed by atoms with Crippen molar-refractivity contribution in [1.82, 2.24) is 4.90 Å². The molecule has 1 unspecified atom stereocenters. The molecule has 2 heteroatoms. The lowest BCUT2D eigenvalue weighted by Crippen LogP contribution is -2.36. The molecule has 1 amide bonds. The second-order valence-corrected chi connectivity index (χ2v) is 3.49. The first kappa shape index (κ1) is 10.3. The SMILES string of the molecule is CCN(CC)C(=O)C1CC=CCC1. The van der Waals surface area contributed by atoms with Gasteiger partial charge in [0.1, 0.15) is 0 Å². The molecule has 0 heterocycles. The molecule has 0 bridgehead atoms. The van der Waals surface area contributed by atoms with E-state index in [1.54, 1.807) is 0 Å². The van der Waals surface area contributed by atoms with E-state index in [-0.39, 0.29) is 5.92 Å². The summed E-state index contributed by atoms with van der Waals surface area (Å²) in [5.74, 6) is 0.597. The maximum absolute atomic E-state index is 11.9. The first-order valence-electron chi connectivity index (χ1n) is 5.23. The maximum atomic E-state index is 11.9. The van der Waals surface area contributed by atoms with Crippen LogP contribution in [0.2, 0.25) is 0 Å². The largest absolute Gasteiger partial charge is 0.343 e. The van der Waals surface area contributed by atoms with Crippen LogP contribution in [0.25, 0.3) is 0 Å². The molecule has 1 atom stereocenters. The third kappa shape index (κ3) is 2.58. The van der Waals surface area contributed by atoms with Crippen molar-refractivity contribution in [2.24, 2.45) is 5.92 Å². The van der Waals surface area contributed by atoms with Gasteiger partial charge in [0.2, 0.25) is 5.91 Å². The van der Waals surface area contributed by atoms with Gasteiger partial charge in [-0.05, 0) is 33.1 Å². The van der Waals surface area contributed by atoms with E-state index < -0.39 is 0 Å². The summed E-state index contributed by atoms with van der Waals surface area (Å²) >= 11 is 0. The Bertz CT molecular complexity index is 194. The molecule has 74 valence electrons. The zero-order valence-corrected chi connectivity index (χ0v) is 8.62. The summed E-state index contributed by atoms with van der Waals surface area (Å²) in [6.45, 7) is 5.77. The molecule has 0 aromatic carbocycles. The van der Waals surface area contributed by atoms with E-state index in [2.05, 4.69) is 12.2 Å². The van der Waals surface area contributed by atoms with Crippen molar-refractivity contribution in [3.05, 3.63) is 12.2 Å². The van der Waals surface area contributed by atoms with Crippen LogP contribution in [0.15, 0.2) is 12.2 Å². The zero-order chi connectivity index (χ0) is 9.68. The molecule has 1 aliphatic rings. The Morgan fingerprint density at radius 1 is 1.38 bits per heavy atom. The lowest BCUT2D eigenvalue weighted by Gasteiger charge is -2.25. The number of allylic oxidation sites excluding steroid dienone is 2. The molecular weight excluding hydrogens is 162 g/mol. The summed E-state index contributed by atoms with van der Waals surface area (Å²) in [6, 6.07) is 0. The Kier molecular flexibility index (Phi) is 4.00. The van der Waals surface area contributed by atoms with Crippen LogP contribution in [-0.4, -0.2) is 23.9 Å². The van der Waals surface area contributed by atoms with Crippen LogP contribution in [0.4, 0.5) is 0 Å². The smallest absolute Gasteiger partial charge is 0.225 e. The standard InChI is InChI=1S/C11H19NO/c1-3-12(4-2)11(13)10-8-6-5-7-9-10/h5-6,10H,3-4,7-9H2,1-2H3. The van der Waals surface area contributed by atoms with E-state index in [9.17, 15) is 4.79 Å². The minimum Gasteiger partial charge on any atom is -0.343 e. The molecular formula is C11H19NO. The molecule has 0 fully saturated rings. The number of nitrogens with zero attached hydrogens (tertiary/aromatic N) is 1. The van der Waals surface area contributed by atoms with E-state index in [1.807, 2.05) is 18.7 Å². The lowest BCUT2D eigenvalue weighted by atomic mass is 9.93. The topological polar surface area (TPSA) is 20.3 Å². The van der Waals surface area contributed by atoms with Crippen LogP contribution in [-0.2, 0) is 4.79 Å². The van der Waals surface area contributed by atoms with Crippen LogP contribution in [0, 0.1) is 5.92 Å². The number of amides is 1. The highest BCUT2D eigenvalue weighted by Gasteiger charge is 2.21. The summed E-state index contributed by atoms with van der Waals surface area (Å²) < 4.78 is 0. The Labute approximate surface area is 80.6 Å². The molecule has 0 saturated carbocycles. The molecule has 1 aliphatic carbocycles. The second kappa shape index (κ2) is 5.05. The fourth-order valence-electron chi connectivity index (χ4n) is 1.81. The first-order chi connectivity index (χ1) is 6.29. The molecule has 0 N–H and O–H groups in total. The predicted octanol–water partition coefficient (Wildman–Crippen LogP) is 2.21.